The van der Waals surface area contributed by atoms with Crippen molar-refractivity contribution in [3.05, 3.63) is 24.0 Å². The molecule has 126 valence electrons. The van der Waals surface area contributed by atoms with Crippen molar-refractivity contribution in [2.24, 2.45) is 18.0 Å². The molecule has 6 heteroatoms. The predicted molar refractivity (Wildman–Crippen MR) is 102 cm³/mol. The summed E-state index contributed by atoms with van der Waals surface area (Å²) in [5, 5.41) is 3.43. The third-order valence-electron chi connectivity index (χ3n) is 4.27. The molecule has 1 aliphatic rings. The zero-order chi connectivity index (χ0) is 15.1. The Morgan fingerprint density at radius 2 is 2.18 bits per heavy atom. The van der Waals surface area contributed by atoms with Gasteiger partial charge < -0.3 is 19.5 Å². The molecule has 1 fully saturated rings. The van der Waals surface area contributed by atoms with E-state index >= 15 is 0 Å². The minimum absolute atomic E-state index is 0. The van der Waals surface area contributed by atoms with Crippen LogP contribution in [0.3, 0.4) is 0 Å². The van der Waals surface area contributed by atoms with Gasteiger partial charge >= 0.3 is 0 Å². The van der Waals surface area contributed by atoms with Crippen molar-refractivity contribution in [2.75, 3.05) is 33.9 Å². The maximum atomic E-state index is 5.41. The molecule has 22 heavy (non-hydrogen) atoms. The Hall–Kier alpha value is -0.760. The zero-order valence-corrected chi connectivity index (χ0v) is 16.2. The normalized spacial score (nSPS) is 16.2. The molecule has 0 amide bonds. The molecule has 1 aromatic heterocycles. The molecule has 0 aromatic carbocycles. The monoisotopic (exact) mass is 420 g/mol. The first-order chi connectivity index (χ1) is 10.2. The molecule has 0 saturated carbocycles. The highest BCUT2D eigenvalue weighted by Gasteiger charge is 2.15. The molecule has 0 radical (unpaired) electrons. The summed E-state index contributed by atoms with van der Waals surface area (Å²) < 4.78 is 7.54. The fourth-order valence-corrected chi connectivity index (χ4v) is 2.75. The van der Waals surface area contributed by atoms with Crippen LogP contribution in [0.1, 0.15) is 25.0 Å². The minimum Gasteiger partial charge on any atom is -0.381 e. The average molecular weight is 420 g/mol. The lowest BCUT2D eigenvalue weighted by atomic mass is 9.96. The van der Waals surface area contributed by atoms with Gasteiger partial charge in [-0.1, -0.05) is 0 Å². The quantitative estimate of drug-likeness (QED) is 0.452. The van der Waals surface area contributed by atoms with Gasteiger partial charge in [-0.25, -0.2) is 0 Å². The summed E-state index contributed by atoms with van der Waals surface area (Å²) in [4.78, 5) is 6.60. The van der Waals surface area contributed by atoms with Crippen LogP contribution in [0, 0.1) is 5.92 Å². The topological polar surface area (TPSA) is 41.8 Å². The highest BCUT2D eigenvalue weighted by molar-refractivity contribution is 14.0. The summed E-state index contributed by atoms with van der Waals surface area (Å²) in [6.45, 7) is 3.69. The van der Waals surface area contributed by atoms with Crippen LogP contribution in [0.5, 0.6) is 0 Å². The van der Waals surface area contributed by atoms with Gasteiger partial charge in [0.05, 0.1) is 6.54 Å². The molecule has 2 rings (SSSR count). The van der Waals surface area contributed by atoms with Crippen LogP contribution in [0.15, 0.2) is 23.3 Å². The molecular formula is C16H29IN4O. The van der Waals surface area contributed by atoms with Crippen molar-refractivity contribution in [2.45, 2.75) is 25.8 Å². The van der Waals surface area contributed by atoms with Gasteiger partial charge in [-0.15, -0.1) is 24.0 Å². The summed E-state index contributed by atoms with van der Waals surface area (Å²) in [7, 11) is 6.02. The maximum absolute atomic E-state index is 5.41. The van der Waals surface area contributed by atoms with Crippen LogP contribution in [-0.4, -0.2) is 49.3 Å². The maximum Gasteiger partial charge on any atom is 0.193 e. The van der Waals surface area contributed by atoms with Crippen molar-refractivity contribution in [3.8, 4) is 0 Å². The molecule has 0 aliphatic carbocycles. The van der Waals surface area contributed by atoms with Crippen LogP contribution in [0.4, 0.5) is 0 Å². The Kier molecular flexibility index (Phi) is 8.85. The fraction of sp³-hybridized carbons (Fsp3) is 0.688. The van der Waals surface area contributed by atoms with Crippen LogP contribution < -0.4 is 5.32 Å². The van der Waals surface area contributed by atoms with Gasteiger partial charge in [0.25, 0.3) is 0 Å². The SMILES string of the molecule is CN=C(NCc1cccn1C)N(C)CCC1CCOCC1.I. The number of nitrogens with one attached hydrogen (secondary N) is 1. The molecule has 2 heterocycles. The van der Waals surface area contributed by atoms with Gasteiger partial charge in [0.15, 0.2) is 5.96 Å². The van der Waals surface area contributed by atoms with E-state index in [0.29, 0.717) is 0 Å². The molecule has 1 N–H and O–H groups in total. The molecule has 0 unspecified atom stereocenters. The van der Waals surface area contributed by atoms with E-state index in [-0.39, 0.29) is 24.0 Å². The summed E-state index contributed by atoms with van der Waals surface area (Å²) >= 11 is 0. The van der Waals surface area contributed by atoms with Gasteiger partial charge in [0, 0.05) is 52.8 Å². The molecule has 1 aliphatic heterocycles. The van der Waals surface area contributed by atoms with Gasteiger partial charge in [-0.3, -0.25) is 4.99 Å². The number of aryl methyl sites for hydroxylation is 1. The Labute approximate surface area is 151 Å². The average Bonchev–Trinajstić information content (AvgIpc) is 2.92. The van der Waals surface area contributed by atoms with E-state index in [1.807, 2.05) is 7.05 Å². The van der Waals surface area contributed by atoms with Gasteiger partial charge in [0.2, 0.25) is 0 Å². The first-order valence-electron chi connectivity index (χ1n) is 7.80. The second-order valence-corrected chi connectivity index (χ2v) is 5.78. The van der Waals surface area contributed by atoms with E-state index < -0.39 is 0 Å². The van der Waals surface area contributed by atoms with Crippen LogP contribution in [-0.2, 0) is 18.3 Å². The number of halogens is 1. The molecule has 5 nitrogen and oxygen atoms in total. The number of hydrogen-bond donors (Lipinski definition) is 1. The number of nitrogens with zero attached hydrogens (tertiary/aromatic N) is 3. The van der Waals surface area contributed by atoms with Crippen molar-refractivity contribution in [1.29, 1.82) is 0 Å². The lowest BCUT2D eigenvalue weighted by molar-refractivity contribution is 0.0625. The Morgan fingerprint density at radius 3 is 2.77 bits per heavy atom. The first-order valence-corrected chi connectivity index (χ1v) is 7.80. The standard InChI is InChI=1S/C16H28N4O.HI/c1-17-16(18-13-15-5-4-9-19(15)2)20(3)10-6-14-7-11-21-12-8-14;/h4-5,9,14H,6-8,10-13H2,1-3H3,(H,17,18);1H. The number of guanidine groups is 1. The summed E-state index contributed by atoms with van der Waals surface area (Å²) in [5.41, 5.74) is 1.26. The number of hydrogen-bond acceptors (Lipinski definition) is 2. The second kappa shape index (κ2) is 10.1. The van der Waals surface area contributed by atoms with E-state index in [9.17, 15) is 0 Å². The minimum atomic E-state index is 0. The summed E-state index contributed by atoms with van der Waals surface area (Å²) in [5.74, 6) is 1.76. The number of rotatable bonds is 5. The lowest BCUT2D eigenvalue weighted by Crippen LogP contribution is -2.40. The van der Waals surface area contributed by atoms with Crippen molar-refractivity contribution < 1.29 is 4.74 Å². The van der Waals surface area contributed by atoms with Gasteiger partial charge in [0.1, 0.15) is 0 Å². The van der Waals surface area contributed by atoms with Crippen molar-refractivity contribution >= 4 is 29.9 Å². The highest BCUT2D eigenvalue weighted by atomic mass is 127. The van der Waals surface area contributed by atoms with E-state index in [0.717, 1.165) is 38.2 Å². The third-order valence-corrected chi connectivity index (χ3v) is 4.27. The largest absolute Gasteiger partial charge is 0.381 e. The Bertz CT molecular complexity index is 455. The predicted octanol–water partition coefficient (Wildman–Crippen LogP) is 2.47. The van der Waals surface area contributed by atoms with Crippen molar-refractivity contribution in [1.82, 2.24) is 14.8 Å². The third kappa shape index (κ3) is 5.79. The molecule has 0 spiro atoms. The Balaban J connectivity index is 0.00000242. The fourth-order valence-electron chi connectivity index (χ4n) is 2.75. The van der Waals surface area contributed by atoms with E-state index in [4.69, 9.17) is 4.74 Å². The molecular weight excluding hydrogens is 391 g/mol. The summed E-state index contributed by atoms with van der Waals surface area (Å²) in [6.07, 6.45) is 5.67. The van der Waals surface area contributed by atoms with Crippen molar-refractivity contribution in [3.63, 3.8) is 0 Å². The second-order valence-electron chi connectivity index (χ2n) is 5.78. The number of aromatic nitrogens is 1. The molecule has 0 atom stereocenters. The summed E-state index contributed by atoms with van der Waals surface area (Å²) in [6, 6.07) is 4.19. The Morgan fingerprint density at radius 1 is 1.45 bits per heavy atom. The lowest BCUT2D eigenvalue weighted by Gasteiger charge is -2.26. The van der Waals surface area contributed by atoms with E-state index in [1.54, 1.807) is 0 Å². The van der Waals surface area contributed by atoms with E-state index in [1.165, 1.54) is 25.0 Å². The van der Waals surface area contributed by atoms with Crippen LogP contribution in [0.2, 0.25) is 0 Å². The zero-order valence-electron chi connectivity index (χ0n) is 13.9. The first kappa shape index (κ1) is 19.3. The number of aliphatic imine (C=N–C) groups is 1. The smallest absolute Gasteiger partial charge is 0.193 e. The molecule has 1 saturated heterocycles. The highest BCUT2D eigenvalue weighted by Crippen LogP contribution is 2.18. The van der Waals surface area contributed by atoms with Crippen LogP contribution in [0.25, 0.3) is 0 Å². The number of ether oxygens (including phenoxy) is 1. The molecule has 0 bridgehead atoms. The van der Waals surface area contributed by atoms with E-state index in [2.05, 4.69) is 52.2 Å². The van der Waals surface area contributed by atoms with Gasteiger partial charge in [-0.2, -0.15) is 0 Å². The van der Waals surface area contributed by atoms with Gasteiger partial charge in [-0.05, 0) is 37.3 Å². The van der Waals surface area contributed by atoms with Crippen LogP contribution >= 0.6 is 24.0 Å². The molecule has 1 aromatic rings.